The average Bonchev–Trinajstić information content (AvgIpc) is 2.80. The van der Waals surface area contributed by atoms with Crippen molar-refractivity contribution in [2.75, 3.05) is 0 Å². The van der Waals surface area contributed by atoms with Crippen LogP contribution in [0.1, 0.15) is 79.6 Å². The molecule has 138 valence electrons. The van der Waals surface area contributed by atoms with Crippen LogP contribution in [0, 0.1) is 28.6 Å². The lowest BCUT2D eigenvalue weighted by molar-refractivity contribution is -0.115. The van der Waals surface area contributed by atoms with E-state index in [1.165, 1.54) is 18.4 Å². The van der Waals surface area contributed by atoms with E-state index < -0.39 is 0 Å². The number of rotatable bonds is 1. The highest BCUT2D eigenvalue weighted by atomic mass is 16.3. The van der Waals surface area contributed by atoms with Gasteiger partial charge in [-0.3, -0.25) is 4.79 Å². The zero-order valence-corrected chi connectivity index (χ0v) is 16.6. The zero-order chi connectivity index (χ0) is 18.1. The number of aliphatic hydroxyl groups excluding tert-OH is 1. The molecular formula is C23H34O2. The smallest absolute Gasteiger partial charge is 0.156 e. The Morgan fingerprint density at radius 2 is 1.64 bits per heavy atom. The molecule has 4 aliphatic rings. The van der Waals surface area contributed by atoms with E-state index in [9.17, 15) is 9.90 Å². The predicted molar refractivity (Wildman–Crippen MR) is 101 cm³/mol. The maximum atomic E-state index is 12.4. The molecule has 25 heavy (non-hydrogen) atoms. The largest absolute Gasteiger partial charge is 0.393 e. The monoisotopic (exact) mass is 342 g/mol. The summed E-state index contributed by atoms with van der Waals surface area (Å²) in [6.45, 7) is 11.1. The maximum Gasteiger partial charge on any atom is 0.156 e. The Labute approximate surface area is 152 Å². The summed E-state index contributed by atoms with van der Waals surface area (Å²) < 4.78 is 0. The molecule has 0 aromatic heterocycles. The van der Waals surface area contributed by atoms with E-state index >= 15 is 0 Å². The summed E-state index contributed by atoms with van der Waals surface area (Å²) in [5, 5.41) is 10.2. The van der Waals surface area contributed by atoms with Crippen molar-refractivity contribution in [3.05, 3.63) is 22.3 Å². The molecule has 0 bridgehead atoms. The number of Topliss-reactive ketones (excluding diaryl/α,β-unsaturated/α-hetero) is 1. The highest BCUT2D eigenvalue weighted by Gasteiger charge is 2.58. The quantitative estimate of drug-likeness (QED) is 0.664. The fraction of sp³-hybridized carbons (Fsp3) is 0.783. The van der Waals surface area contributed by atoms with Gasteiger partial charge in [-0.2, -0.15) is 0 Å². The summed E-state index contributed by atoms with van der Waals surface area (Å²) in [5.74, 6) is 2.37. The topological polar surface area (TPSA) is 37.3 Å². The molecule has 0 aromatic rings. The van der Waals surface area contributed by atoms with E-state index in [4.69, 9.17) is 0 Å². The number of hydrogen-bond donors (Lipinski definition) is 1. The van der Waals surface area contributed by atoms with Gasteiger partial charge in [0.05, 0.1) is 6.10 Å². The summed E-state index contributed by atoms with van der Waals surface area (Å²) in [6, 6.07) is 0. The first-order valence-corrected chi connectivity index (χ1v) is 10.3. The Balaban J connectivity index is 1.74. The van der Waals surface area contributed by atoms with Crippen molar-refractivity contribution in [1.82, 2.24) is 0 Å². The molecule has 2 heteroatoms. The number of fused-ring (bicyclic) bond motifs is 5. The summed E-state index contributed by atoms with van der Waals surface area (Å²) >= 11 is 0. The third-order valence-electron chi connectivity index (χ3n) is 8.70. The first-order valence-electron chi connectivity index (χ1n) is 10.3. The van der Waals surface area contributed by atoms with Crippen molar-refractivity contribution in [1.29, 1.82) is 0 Å². The van der Waals surface area contributed by atoms with Gasteiger partial charge in [0.15, 0.2) is 5.78 Å². The molecule has 4 aliphatic carbocycles. The van der Waals surface area contributed by atoms with Crippen LogP contribution < -0.4 is 0 Å². The van der Waals surface area contributed by atoms with Crippen LogP contribution in [-0.2, 0) is 4.79 Å². The number of ketones is 1. The molecule has 0 saturated heterocycles. The Bertz CT molecular complexity index is 684. The van der Waals surface area contributed by atoms with Gasteiger partial charge in [-0.25, -0.2) is 0 Å². The van der Waals surface area contributed by atoms with Crippen LogP contribution in [0.4, 0.5) is 0 Å². The lowest BCUT2D eigenvalue weighted by Gasteiger charge is -2.58. The fourth-order valence-corrected chi connectivity index (χ4v) is 7.73. The van der Waals surface area contributed by atoms with Crippen LogP contribution in [0.5, 0.6) is 0 Å². The van der Waals surface area contributed by atoms with Crippen molar-refractivity contribution < 1.29 is 9.90 Å². The maximum absolute atomic E-state index is 12.4. The summed E-state index contributed by atoms with van der Waals surface area (Å²) in [4.78, 5) is 12.4. The molecule has 0 spiro atoms. The molecule has 0 radical (unpaired) electrons. The first kappa shape index (κ1) is 17.5. The van der Waals surface area contributed by atoms with Crippen molar-refractivity contribution in [3.8, 4) is 0 Å². The molecule has 2 fully saturated rings. The van der Waals surface area contributed by atoms with Crippen molar-refractivity contribution in [3.63, 3.8) is 0 Å². The molecule has 2 nitrogen and oxygen atoms in total. The van der Waals surface area contributed by atoms with Crippen LogP contribution in [0.15, 0.2) is 22.3 Å². The summed E-state index contributed by atoms with van der Waals surface area (Å²) in [7, 11) is 0. The van der Waals surface area contributed by atoms with E-state index in [0.29, 0.717) is 17.6 Å². The minimum Gasteiger partial charge on any atom is -0.393 e. The third kappa shape index (κ3) is 2.29. The molecule has 0 unspecified atom stereocenters. The third-order valence-corrected chi connectivity index (χ3v) is 8.70. The van der Waals surface area contributed by atoms with Crippen molar-refractivity contribution >= 4 is 5.78 Å². The van der Waals surface area contributed by atoms with Crippen molar-refractivity contribution in [2.24, 2.45) is 28.6 Å². The van der Waals surface area contributed by atoms with Gasteiger partial charge in [-0.1, -0.05) is 30.6 Å². The highest BCUT2D eigenvalue weighted by molar-refractivity contribution is 5.96. The first-order chi connectivity index (χ1) is 11.7. The molecule has 1 N–H and O–H groups in total. The van der Waals surface area contributed by atoms with Gasteiger partial charge >= 0.3 is 0 Å². The number of allylic oxidation sites excluding steroid dienone is 3. The van der Waals surface area contributed by atoms with Gasteiger partial charge in [0.1, 0.15) is 0 Å². The number of aliphatic hydroxyl groups is 1. The van der Waals surface area contributed by atoms with Crippen molar-refractivity contribution in [2.45, 2.75) is 85.7 Å². The minimum atomic E-state index is -0.136. The van der Waals surface area contributed by atoms with Gasteiger partial charge in [0.25, 0.3) is 0 Å². The van der Waals surface area contributed by atoms with Crippen LogP contribution in [0.3, 0.4) is 0 Å². The Hall–Kier alpha value is -0.890. The zero-order valence-electron chi connectivity index (χ0n) is 16.6. The fourth-order valence-electron chi connectivity index (χ4n) is 7.73. The summed E-state index contributed by atoms with van der Waals surface area (Å²) in [6.07, 6.45) is 7.55. The van der Waals surface area contributed by atoms with Gasteiger partial charge in [0, 0.05) is 0 Å². The molecule has 0 aliphatic heterocycles. The van der Waals surface area contributed by atoms with E-state index in [0.717, 1.165) is 43.6 Å². The molecule has 0 amide bonds. The molecule has 0 aromatic carbocycles. The second-order valence-electron chi connectivity index (χ2n) is 10.0. The van der Waals surface area contributed by atoms with Gasteiger partial charge in [0.2, 0.25) is 0 Å². The Morgan fingerprint density at radius 1 is 0.960 bits per heavy atom. The lowest BCUT2D eigenvalue weighted by atomic mass is 9.46. The van der Waals surface area contributed by atoms with E-state index in [2.05, 4.69) is 27.7 Å². The molecule has 0 heterocycles. The average molecular weight is 343 g/mol. The van der Waals surface area contributed by atoms with Gasteiger partial charge in [-0.15, -0.1) is 0 Å². The normalized spacial score (nSPS) is 46.6. The standard InChI is InChI=1S/C23H34O2/c1-13-10-17-18(22(4)8-6-16(25)12-19(13)22)7-9-23(5)20(17)11-14(2)21(23)15(3)24/h16-18,20,25H,6-12H2,1-5H3/t16-,17+,18-,20-,22+,23-/m0/s1. The van der Waals surface area contributed by atoms with E-state index in [1.807, 2.05) is 0 Å². The molecular weight excluding hydrogens is 308 g/mol. The van der Waals surface area contributed by atoms with E-state index in [-0.39, 0.29) is 16.9 Å². The Morgan fingerprint density at radius 3 is 2.32 bits per heavy atom. The second kappa shape index (κ2) is 5.55. The summed E-state index contributed by atoms with van der Waals surface area (Å²) in [5.41, 5.74) is 6.01. The predicted octanol–water partition coefficient (Wildman–Crippen LogP) is 5.22. The molecule has 6 atom stereocenters. The van der Waals surface area contributed by atoms with Gasteiger partial charge in [-0.05, 0) is 99.9 Å². The lowest BCUT2D eigenvalue weighted by Crippen LogP contribution is -2.51. The number of hydrogen-bond acceptors (Lipinski definition) is 2. The van der Waals surface area contributed by atoms with Crippen LogP contribution in [0.25, 0.3) is 0 Å². The van der Waals surface area contributed by atoms with Gasteiger partial charge < -0.3 is 5.11 Å². The SMILES string of the molecule is CC(=O)C1=C(C)C[C@H]2[C@@H]3CC(C)=C4C[C@@H](O)CC[C@]4(C)[C@H]3CC[C@]12C. The minimum absolute atomic E-state index is 0.0966. The van der Waals surface area contributed by atoms with Crippen LogP contribution in [-0.4, -0.2) is 17.0 Å². The highest BCUT2D eigenvalue weighted by Crippen LogP contribution is 2.66. The van der Waals surface area contributed by atoms with E-state index in [1.54, 1.807) is 18.1 Å². The van der Waals surface area contributed by atoms with Crippen LogP contribution in [0.2, 0.25) is 0 Å². The van der Waals surface area contributed by atoms with Crippen LogP contribution >= 0.6 is 0 Å². The molecule has 2 saturated carbocycles. The Kier molecular flexibility index (Phi) is 3.89. The molecule has 4 rings (SSSR count). The second-order valence-corrected chi connectivity index (χ2v) is 10.0. The number of carbonyl (C=O) groups is 1. The number of carbonyl (C=O) groups excluding carboxylic acids is 1.